The maximum Gasteiger partial charge on any atom is 0.312 e. The molecule has 2 rings (SSSR count). The van der Waals surface area contributed by atoms with E-state index in [0.717, 1.165) is 11.1 Å². The number of aliphatic carboxylic acids is 1. The van der Waals surface area contributed by atoms with E-state index in [1.165, 1.54) is 0 Å². The fourth-order valence-corrected chi connectivity index (χ4v) is 3.10. The molecule has 0 aliphatic carbocycles. The van der Waals surface area contributed by atoms with Crippen LogP contribution in [0.2, 0.25) is 0 Å². The molecule has 1 fully saturated rings. The predicted molar refractivity (Wildman–Crippen MR) is 88.2 cm³/mol. The number of nitrogens with two attached hydrogens (primary N) is 1. The van der Waals surface area contributed by atoms with Gasteiger partial charge in [-0.15, -0.1) is 0 Å². The van der Waals surface area contributed by atoms with Gasteiger partial charge >= 0.3 is 12.0 Å². The Hall–Kier alpha value is -2.57. The van der Waals surface area contributed by atoms with Crippen LogP contribution in [0.4, 0.5) is 4.79 Å². The SMILES string of the molecule is Cc1ccccc1C(CC(=O)N1CCCC(C(=O)O)C1)NC(N)=O. The van der Waals surface area contributed by atoms with Crippen LogP contribution in [0.25, 0.3) is 0 Å². The highest BCUT2D eigenvalue weighted by atomic mass is 16.4. The van der Waals surface area contributed by atoms with Gasteiger partial charge in [0.25, 0.3) is 0 Å². The Morgan fingerprint density at radius 3 is 2.71 bits per heavy atom. The number of likely N-dealkylation sites (tertiary alicyclic amines) is 1. The number of urea groups is 1. The quantitative estimate of drug-likeness (QED) is 0.756. The second-order valence-electron chi connectivity index (χ2n) is 6.14. The van der Waals surface area contributed by atoms with Crippen LogP contribution in [0.1, 0.15) is 36.4 Å². The van der Waals surface area contributed by atoms with Crippen LogP contribution >= 0.6 is 0 Å². The molecule has 1 aromatic rings. The average molecular weight is 333 g/mol. The number of aryl methyl sites for hydroxylation is 1. The number of carboxylic acid groups (broad SMARTS) is 1. The average Bonchev–Trinajstić information content (AvgIpc) is 2.54. The molecule has 7 nitrogen and oxygen atoms in total. The van der Waals surface area contributed by atoms with Crippen molar-refractivity contribution in [2.75, 3.05) is 13.1 Å². The molecule has 2 atom stereocenters. The minimum Gasteiger partial charge on any atom is -0.481 e. The van der Waals surface area contributed by atoms with Crippen molar-refractivity contribution in [3.05, 3.63) is 35.4 Å². The molecule has 0 radical (unpaired) electrons. The first-order valence-electron chi connectivity index (χ1n) is 8.00. The van der Waals surface area contributed by atoms with E-state index >= 15 is 0 Å². The van der Waals surface area contributed by atoms with E-state index in [-0.39, 0.29) is 18.9 Å². The Morgan fingerprint density at radius 1 is 1.38 bits per heavy atom. The molecular weight excluding hydrogens is 310 g/mol. The number of amides is 3. The molecule has 0 saturated carbocycles. The molecule has 1 heterocycles. The molecule has 24 heavy (non-hydrogen) atoms. The number of hydrogen-bond donors (Lipinski definition) is 3. The molecule has 130 valence electrons. The molecular formula is C17H23N3O4. The van der Waals surface area contributed by atoms with Crippen molar-refractivity contribution >= 4 is 17.9 Å². The zero-order valence-corrected chi connectivity index (χ0v) is 13.7. The monoisotopic (exact) mass is 333 g/mol. The van der Waals surface area contributed by atoms with E-state index in [2.05, 4.69) is 5.32 Å². The molecule has 1 saturated heterocycles. The lowest BCUT2D eigenvalue weighted by atomic mass is 9.95. The fourth-order valence-electron chi connectivity index (χ4n) is 3.10. The molecule has 2 unspecified atom stereocenters. The Labute approximate surface area is 140 Å². The second kappa shape index (κ2) is 7.81. The fraction of sp³-hybridized carbons (Fsp3) is 0.471. The van der Waals surface area contributed by atoms with Crippen molar-refractivity contribution in [1.82, 2.24) is 10.2 Å². The molecule has 3 amide bonds. The third-order valence-electron chi connectivity index (χ3n) is 4.38. The minimum absolute atomic E-state index is 0.0557. The van der Waals surface area contributed by atoms with Gasteiger partial charge in [0.2, 0.25) is 5.91 Å². The normalized spacial score (nSPS) is 18.7. The highest BCUT2D eigenvalue weighted by Crippen LogP contribution is 2.24. The van der Waals surface area contributed by atoms with Crippen LogP contribution in [0.3, 0.4) is 0 Å². The Morgan fingerprint density at radius 2 is 2.08 bits per heavy atom. The summed E-state index contributed by atoms with van der Waals surface area (Å²) in [6.07, 6.45) is 1.31. The van der Waals surface area contributed by atoms with Crippen molar-refractivity contribution in [2.24, 2.45) is 11.7 Å². The van der Waals surface area contributed by atoms with Gasteiger partial charge < -0.3 is 21.1 Å². The zero-order chi connectivity index (χ0) is 17.7. The Balaban J connectivity index is 2.11. The first-order valence-corrected chi connectivity index (χ1v) is 8.00. The number of hydrogen-bond acceptors (Lipinski definition) is 3. The largest absolute Gasteiger partial charge is 0.481 e. The lowest BCUT2D eigenvalue weighted by molar-refractivity contribution is -0.145. The van der Waals surface area contributed by atoms with E-state index in [9.17, 15) is 14.4 Å². The lowest BCUT2D eigenvalue weighted by Crippen LogP contribution is -2.44. The number of carboxylic acids is 1. The number of rotatable bonds is 5. The number of carbonyl (C=O) groups is 3. The van der Waals surface area contributed by atoms with Crippen molar-refractivity contribution in [1.29, 1.82) is 0 Å². The molecule has 0 aromatic heterocycles. The molecule has 1 aliphatic rings. The predicted octanol–water partition coefficient (Wildman–Crippen LogP) is 1.42. The minimum atomic E-state index is -0.877. The number of piperidine rings is 1. The number of nitrogens with zero attached hydrogens (tertiary/aromatic N) is 1. The summed E-state index contributed by atoms with van der Waals surface area (Å²) in [4.78, 5) is 36.6. The van der Waals surface area contributed by atoms with Gasteiger partial charge in [-0.3, -0.25) is 9.59 Å². The summed E-state index contributed by atoms with van der Waals surface area (Å²) >= 11 is 0. The molecule has 4 N–H and O–H groups in total. The smallest absolute Gasteiger partial charge is 0.312 e. The van der Waals surface area contributed by atoms with Gasteiger partial charge in [-0.2, -0.15) is 0 Å². The topological polar surface area (TPSA) is 113 Å². The van der Waals surface area contributed by atoms with Gasteiger partial charge in [-0.1, -0.05) is 24.3 Å². The van der Waals surface area contributed by atoms with Gasteiger partial charge in [0.05, 0.1) is 18.4 Å². The highest BCUT2D eigenvalue weighted by Gasteiger charge is 2.30. The summed E-state index contributed by atoms with van der Waals surface area (Å²) in [7, 11) is 0. The van der Waals surface area contributed by atoms with Crippen LogP contribution in [0.15, 0.2) is 24.3 Å². The van der Waals surface area contributed by atoms with Crippen LogP contribution < -0.4 is 11.1 Å². The van der Waals surface area contributed by atoms with Crippen LogP contribution in [0, 0.1) is 12.8 Å². The second-order valence-corrected chi connectivity index (χ2v) is 6.14. The number of benzene rings is 1. The van der Waals surface area contributed by atoms with Crippen LogP contribution in [-0.4, -0.2) is 41.0 Å². The summed E-state index contributed by atoms with van der Waals surface area (Å²) < 4.78 is 0. The van der Waals surface area contributed by atoms with Crippen molar-refractivity contribution < 1.29 is 19.5 Å². The molecule has 1 aromatic carbocycles. The lowest BCUT2D eigenvalue weighted by Gasteiger charge is -2.32. The standard InChI is InChI=1S/C17H23N3O4/c1-11-5-2-3-7-13(11)14(19-17(18)24)9-15(21)20-8-4-6-12(10-20)16(22)23/h2-3,5,7,12,14H,4,6,8-10H2,1H3,(H,22,23)(H3,18,19,24). The van der Waals surface area contributed by atoms with E-state index in [0.29, 0.717) is 19.4 Å². The van der Waals surface area contributed by atoms with Gasteiger partial charge in [0.15, 0.2) is 0 Å². The summed E-state index contributed by atoms with van der Waals surface area (Å²) in [5.41, 5.74) is 7.02. The van der Waals surface area contributed by atoms with Gasteiger partial charge in [0, 0.05) is 13.1 Å². The maximum absolute atomic E-state index is 12.6. The Bertz CT molecular complexity index is 632. The maximum atomic E-state index is 12.6. The number of nitrogens with one attached hydrogen (secondary N) is 1. The van der Waals surface area contributed by atoms with Crippen LogP contribution in [0.5, 0.6) is 0 Å². The zero-order valence-electron chi connectivity index (χ0n) is 13.7. The van der Waals surface area contributed by atoms with Gasteiger partial charge in [-0.25, -0.2) is 4.79 Å². The number of carbonyl (C=O) groups excluding carboxylic acids is 2. The van der Waals surface area contributed by atoms with E-state index in [1.54, 1.807) is 4.90 Å². The van der Waals surface area contributed by atoms with Gasteiger partial charge in [0.1, 0.15) is 0 Å². The summed E-state index contributed by atoms with van der Waals surface area (Å²) in [6, 6.07) is 6.24. The van der Waals surface area contributed by atoms with E-state index in [1.807, 2.05) is 31.2 Å². The first-order chi connectivity index (χ1) is 11.4. The third-order valence-corrected chi connectivity index (χ3v) is 4.38. The highest BCUT2D eigenvalue weighted by molar-refractivity contribution is 5.80. The molecule has 7 heteroatoms. The summed E-state index contributed by atoms with van der Waals surface area (Å²) in [5, 5.41) is 11.8. The first kappa shape index (κ1) is 17.8. The number of primary amides is 1. The van der Waals surface area contributed by atoms with Gasteiger partial charge in [-0.05, 0) is 30.9 Å². The van der Waals surface area contributed by atoms with E-state index in [4.69, 9.17) is 10.8 Å². The van der Waals surface area contributed by atoms with Crippen molar-refractivity contribution in [3.63, 3.8) is 0 Å². The molecule has 1 aliphatic heterocycles. The summed E-state index contributed by atoms with van der Waals surface area (Å²) in [5.74, 6) is -1.58. The summed E-state index contributed by atoms with van der Waals surface area (Å²) in [6.45, 7) is 2.65. The molecule has 0 spiro atoms. The van der Waals surface area contributed by atoms with Crippen molar-refractivity contribution in [3.8, 4) is 0 Å². The third kappa shape index (κ3) is 4.47. The van der Waals surface area contributed by atoms with Crippen LogP contribution in [-0.2, 0) is 9.59 Å². The van der Waals surface area contributed by atoms with Crippen molar-refractivity contribution in [2.45, 2.75) is 32.2 Å². The van der Waals surface area contributed by atoms with E-state index < -0.39 is 24.0 Å². The Kier molecular flexibility index (Phi) is 5.78. The molecule has 0 bridgehead atoms.